The van der Waals surface area contributed by atoms with Crippen LogP contribution < -0.4 is 14.8 Å². The maximum atomic E-state index is 12.4. The number of aliphatic imine (C=N–C) groups is 1. The largest absolute Gasteiger partial charge is 0.493 e. The highest BCUT2D eigenvalue weighted by Gasteiger charge is 2.24. The van der Waals surface area contributed by atoms with Crippen LogP contribution >= 0.6 is 11.6 Å². The fourth-order valence-corrected chi connectivity index (χ4v) is 3.48. The number of nitrogens with one attached hydrogen (secondary N) is 1. The van der Waals surface area contributed by atoms with Crippen LogP contribution in [0, 0.1) is 0 Å². The van der Waals surface area contributed by atoms with Crippen molar-refractivity contribution in [3.05, 3.63) is 94.1 Å². The first-order chi connectivity index (χ1) is 16.4. The third kappa shape index (κ3) is 5.63. The Kier molecular flexibility index (Phi) is 6.94. The number of esters is 1. The zero-order valence-corrected chi connectivity index (χ0v) is 19.3. The molecule has 0 fully saturated rings. The Morgan fingerprint density at radius 1 is 1.09 bits per heavy atom. The van der Waals surface area contributed by atoms with Crippen LogP contribution in [0.1, 0.15) is 23.6 Å². The number of carbonyl (C=O) groups is 2. The van der Waals surface area contributed by atoms with Gasteiger partial charge in [-0.15, -0.1) is 0 Å². The van der Waals surface area contributed by atoms with Crippen molar-refractivity contribution in [1.29, 1.82) is 0 Å². The van der Waals surface area contributed by atoms with Crippen molar-refractivity contribution in [3.8, 4) is 11.5 Å². The molecule has 0 aliphatic carbocycles. The Hall–Kier alpha value is -4.10. The Labute approximate surface area is 201 Å². The maximum Gasteiger partial charge on any atom is 0.363 e. The minimum Gasteiger partial charge on any atom is -0.493 e. The summed E-state index contributed by atoms with van der Waals surface area (Å²) in [6.07, 6.45) is 1.62. The van der Waals surface area contributed by atoms with Crippen LogP contribution in [0.15, 0.2) is 77.4 Å². The van der Waals surface area contributed by atoms with E-state index in [2.05, 4.69) is 10.3 Å². The van der Waals surface area contributed by atoms with Crippen molar-refractivity contribution < 1.29 is 23.8 Å². The van der Waals surface area contributed by atoms with Gasteiger partial charge in [-0.05, 0) is 65.7 Å². The summed E-state index contributed by atoms with van der Waals surface area (Å²) in [4.78, 5) is 27.8. The van der Waals surface area contributed by atoms with E-state index in [1.54, 1.807) is 61.7 Å². The summed E-state index contributed by atoms with van der Waals surface area (Å²) in [5.41, 5.74) is 3.05. The summed E-state index contributed by atoms with van der Waals surface area (Å²) in [7, 11) is 1.54. The molecule has 1 aliphatic rings. The molecule has 0 radical (unpaired) electrons. The lowest BCUT2D eigenvalue weighted by molar-refractivity contribution is -0.129. The van der Waals surface area contributed by atoms with Crippen molar-refractivity contribution in [2.75, 3.05) is 12.4 Å². The second kappa shape index (κ2) is 10.2. The molecule has 4 rings (SSSR count). The van der Waals surface area contributed by atoms with Crippen LogP contribution in [0.25, 0.3) is 6.08 Å². The predicted octanol–water partition coefficient (Wildman–Crippen LogP) is 5.23. The SMILES string of the molecule is COc1cc(/C=C2\N=C(c3ccc(NC(C)=O)cc3)OC2=O)ccc1OCc1cccc(Cl)c1. The van der Waals surface area contributed by atoms with E-state index in [9.17, 15) is 9.59 Å². The van der Waals surface area contributed by atoms with E-state index in [1.807, 2.05) is 18.2 Å². The predicted molar refractivity (Wildman–Crippen MR) is 130 cm³/mol. The van der Waals surface area contributed by atoms with Crippen LogP contribution in [0.2, 0.25) is 5.02 Å². The van der Waals surface area contributed by atoms with Crippen molar-refractivity contribution in [3.63, 3.8) is 0 Å². The first-order valence-electron chi connectivity index (χ1n) is 10.4. The number of benzene rings is 3. The molecule has 34 heavy (non-hydrogen) atoms. The summed E-state index contributed by atoms with van der Waals surface area (Å²) in [6, 6.07) is 19.6. The number of nitrogens with zero attached hydrogens (tertiary/aromatic N) is 1. The molecule has 0 saturated carbocycles. The molecular formula is C26H21ClN2O5. The number of rotatable bonds is 7. The normalized spacial score (nSPS) is 13.9. The molecule has 1 N–H and O–H groups in total. The van der Waals surface area contributed by atoms with E-state index >= 15 is 0 Å². The first-order valence-corrected chi connectivity index (χ1v) is 10.7. The van der Waals surface area contributed by atoms with Crippen LogP contribution in [0.5, 0.6) is 11.5 Å². The molecule has 8 heteroatoms. The Bertz CT molecular complexity index is 1300. The van der Waals surface area contributed by atoms with Gasteiger partial charge < -0.3 is 19.5 Å². The average molecular weight is 477 g/mol. The molecule has 0 spiro atoms. The monoisotopic (exact) mass is 476 g/mol. The Morgan fingerprint density at radius 2 is 1.88 bits per heavy atom. The lowest BCUT2D eigenvalue weighted by Gasteiger charge is -2.11. The van der Waals surface area contributed by atoms with Gasteiger partial charge in [0.25, 0.3) is 0 Å². The van der Waals surface area contributed by atoms with E-state index in [0.717, 1.165) is 5.56 Å². The number of carbonyl (C=O) groups excluding carboxylic acids is 2. The van der Waals surface area contributed by atoms with Gasteiger partial charge in [-0.2, -0.15) is 0 Å². The highest BCUT2D eigenvalue weighted by Crippen LogP contribution is 2.30. The molecule has 0 unspecified atom stereocenters. The van der Waals surface area contributed by atoms with Gasteiger partial charge in [0.05, 0.1) is 7.11 Å². The van der Waals surface area contributed by atoms with Gasteiger partial charge in [-0.3, -0.25) is 4.79 Å². The highest BCUT2D eigenvalue weighted by molar-refractivity contribution is 6.30. The number of halogens is 1. The van der Waals surface area contributed by atoms with Gasteiger partial charge in [0, 0.05) is 23.2 Å². The summed E-state index contributed by atoms with van der Waals surface area (Å²) >= 11 is 6.02. The summed E-state index contributed by atoms with van der Waals surface area (Å²) in [6.45, 7) is 1.76. The molecule has 3 aromatic carbocycles. The third-order valence-electron chi connectivity index (χ3n) is 4.85. The molecule has 1 aliphatic heterocycles. The lowest BCUT2D eigenvalue weighted by atomic mass is 10.1. The fourth-order valence-electron chi connectivity index (χ4n) is 3.27. The zero-order chi connectivity index (χ0) is 24.1. The van der Waals surface area contributed by atoms with Gasteiger partial charge in [-0.25, -0.2) is 9.79 Å². The van der Waals surface area contributed by atoms with E-state index < -0.39 is 5.97 Å². The number of methoxy groups -OCH3 is 1. The fraction of sp³-hybridized carbons (Fsp3) is 0.115. The van der Waals surface area contributed by atoms with Crippen LogP contribution in [-0.4, -0.2) is 24.9 Å². The minimum absolute atomic E-state index is 0.163. The number of hydrogen-bond donors (Lipinski definition) is 1. The molecule has 0 bridgehead atoms. The van der Waals surface area contributed by atoms with E-state index in [-0.39, 0.29) is 17.5 Å². The number of cyclic esters (lactones) is 1. The third-order valence-corrected chi connectivity index (χ3v) is 5.08. The van der Waals surface area contributed by atoms with Crippen molar-refractivity contribution in [2.24, 2.45) is 4.99 Å². The maximum absolute atomic E-state index is 12.4. The average Bonchev–Trinajstić information content (AvgIpc) is 3.18. The van der Waals surface area contributed by atoms with Crippen molar-refractivity contribution in [2.45, 2.75) is 13.5 Å². The minimum atomic E-state index is -0.554. The van der Waals surface area contributed by atoms with Gasteiger partial charge >= 0.3 is 5.97 Å². The first kappa shape index (κ1) is 23.1. The second-order valence-corrected chi connectivity index (χ2v) is 7.86. The summed E-state index contributed by atoms with van der Waals surface area (Å²) in [5, 5.41) is 3.32. The van der Waals surface area contributed by atoms with E-state index in [4.69, 9.17) is 25.8 Å². The molecule has 7 nitrogen and oxygen atoms in total. The van der Waals surface area contributed by atoms with Crippen LogP contribution in [0.3, 0.4) is 0 Å². The molecule has 1 heterocycles. The molecule has 172 valence electrons. The highest BCUT2D eigenvalue weighted by atomic mass is 35.5. The van der Waals surface area contributed by atoms with E-state index in [0.29, 0.717) is 39.9 Å². The molecular weight excluding hydrogens is 456 g/mol. The number of anilines is 1. The number of ether oxygens (including phenoxy) is 3. The molecule has 0 aromatic heterocycles. The number of hydrogen-bond acceptors (Lipinski definition) is 6. The van der Waals surface area contributed by atoms with Crippen LogP contribution in [0.4, 0.5) is 5.69 Å². The quantitative estimate of drug-likeness (QED) is 0.372. The van der Waals surface area contributed by atoms with Crippen molar-refractivity contribution >= 4 is 41.1 Å². The molecule has 0 saturated heterocycles. The van der Waals surface area contributed by atoms with Gasteiger partial charge in [0.15, 0.2) is 17.2 Å². The van der Waals surface area contributed by atoms with Gasteiger partial charge in [-0.1, -0.05) is 29.8 Å². The zero-order valence-electron chi connectivity index (χ0n) is 18.5. The Balaban J connectivity index is 1.50. The van der Waals surface area contributed by atoms with Gasteiger partial charge in [0.2, 0.25) is 11.8 Å². The molecule has 0 atom stereocenters. The van der Waals surface area contributed by atoms with Crippen LogP contribution in [-0.2, 0) is 20.9 Å². The second-order valence-electron chi connectivity index (χ2n) is 7.42. The molecule has 1 amide bonds. The number of amides is 1. The van der Waals surface area contributed by atoms with E-state index in [1.165, 1.54) is 6.92 Å². The summed E-state index contributed by atoms with van der Waals surface area (Å²) < 4.78 is 16.6. The molecule has 3 aromatic rings. The standard InChI is InChI=1S/C26H21ClN2O5/c1-16(30)28-21-9-7-19(8-10-21)25-29-22(26(31)34-25)13-17-6-11-23(24(14-17)32-2)33-15-18-4-3-5-20(27)12-18/h3-14H,15H2,1-2H3,(H,28,30)/b22-13-. The lowest BCUT2D eigenvalue weighted by Crippen LogP contribution is -2.07. The Morgan fingerprint density at radius 3 is 2.59 bits per heavy atom. The summed E-state index contributed by atoms with van der Waals surface area (Å²) in [5.74, 6) is 0.543. The van der Waals surface area contributed by atoms with Gasteiger partial charge in [0.1, 0.15) is 6.61 Å². The topological polar surface area (TPSA) is 86.2 Å². The smallest absolute Gasteiger partial charge is 0.363 e. The van der Waals surface area contributed by atoms with Crippen molar-refractivity contribution in [1.82, 2.24) is 0 Å².